The van der Waals surface area contributed by atoms with Crippen molar-refractivity contribution in [3.05, 3.63) is 78.0 Å². The molecule has 2 aliphatic rings. The van der Waals surface area contributed by atoms with Crippen LogP contribution < -0.4 is 4.90 Å². The Labute approximate surface area is 193 Å². The van der Waals surface area contributed by atoms with E-state index in [1.807, 2.05) is 46.7 Å². The van der Waals surface area contributed by atoms with Gasteiger partial charge in [0.2, 0.25) is 5.91 Å². The van der Waals surface area contributed by atoms with Crippen LogP contribution in [0.1, 0.15) is 38.2 Å². The van der Waals surface area contributed by atoms with Gasteiger partial charge in [-0.05, 0) is 47.6 Å². The standard InChI is InChI=1S/C27H28N4O2/c1-19-15-31(25(17-32)27(19)24-9-5-7-22-6-3-4-8-23(22)24)26-14-28-18-30(26)16-21-10-12-29(13-11-21)20(2)33/h3-9,14-15,18,21,27H,10-13,16H2,1-2H3. The van der Waals surface area contributed by atoms with Crippen LogP contribution in [0.5, 0.6) is 0 Å². The molecule has 2 aliphatic heterocycles. The first-order valence-corrected chi connectivity index (χ1v) is 11.5. The molecule has 1 amide bonds. The largest absolute Gasteiger partial charge is 0.343 e. The van der Waals surface area contributed by atoms with Crippen molar-refractivity contribution in [2.24, 2.45) is 5.92 Å². The van der Waals surface area contributed by atoms with Crippen LogP contribution in [0.15, 0.2) is 72.5 Å². The van der Waals surface area contributed by atoms with Gasteiger partial charge < -0.3 is 9.47 Å². The third-order valence-electron chi connectivity index (χ3n) is 7.01. The van der Waals surface area contributed by atoms with Crippen LogP contribution in [0.4, 0.5) is 5.82 Å². The number of hydrogen-bond acceptors (Lipinski definition) is 4. The van der Waals surface area contributed by atoms with Crippen LogP contribution in [0.3, 0.4) is 0 Å². The Morgan fingerprint density at radius 1 is 1.12 bits per heavy atom. The summed E-state index contributed by atoms with van der Waals surface area (Å²) in [5.74, 6) is 3.61. The molecule has 0 N–H and O–H groups in total. The number of rotatable bonds is 4. The minimum Gasteiger partial charge on any atom is -0.343 e. The molecule has 2 aromatic carbocycles. The summed E-state index contributed by atoms with van der Waals surface area (Å²) in [6.07, 6.45) is 7.64. The first-order valence-electron chi connectivity index (χ1n) is 11.5. The average molecular weight is 441 g/mol. The molecule has 33 heavy (non-hydrogen) atoms. The number of hydrogen-bond donors (Lipinski definition) is 0. The van der Waals surface area contributed by atoms with E-state index >= 15 is 0 Å². The van der Waals surface area contributed by atoms with Crippen molar-refractivity contribution in [1.29, 1.82) is 0 Å². The molecule has 0 aliphatic carbocycles. The van der Waals surface area contributed by atoms with Crippen molar-refractivity contribution in [1.82, 2.24) is 14.5 Å². The fourth-order valence-electron chi connectivity index (χ4n) is 5.26. The molecule has 1 saturated heterocycles. The SMILES string of the molecule is CC(=O)N1CCC(Cn2cncc2N2C=C(C)C(c3cccc4ccccc34)C2=C=O)CC1. The predicted molar refractivity (Wildman–Crippen MR) is 129 cm³/mol. The number of piperidine rings is 1. The first-order chi connectivity index (χ1) is 16.1. The van der Waals surface area contributed by atoms with E-state index in [1.54, 1.807) is 6.92 Å². The fraction of sp³-hybridized carbons (Fsp3) is 0.333. The molecule has 168 valence electrons. The molecule has 0 bridgehead atoms. The Balaban J connectivity index is 1.42. The van der Waals surface area contributed by atoms with E-state index in [1.165, 1.54) is 0 Å². The highest BCUT2D eigenvalue weighted by molar-refractivity contribution is 5.88. The highest BCUT2D eigenvalue weighted by Gasteiger charge is 2.34. The highest BCUT2D eigenvalue weighted by atomic mass is 16.2. The smallest absolute Gasteiger partial charge is 0.219 e. The molecule has 6 heteroatoms. The molecule has 1 atom stereocenters. The van der Waals surface area contributed by atoms with E-state index in [0.717, 1.165) is 60.2 Å². The van der Waals surface area contributed by atoms with Gasteiger partial charge in [0.15, 0.2) is 0 Å². The van der Waals surface area contributed by atoms with Gasteiger partial charge in [0.25, 0.3) is 0 Å². The second-order valence-electron chi connectivity index (χ2n) is 9.09. The molecule has 0 spiro atoms. The summed E-state index contributed by atoms with van der Waals surface area (Å²) in [6.45, 7) is 6.12. The molecule has 0 saturated carbocycles. The molecular formula is C27H28N4O2. The van der Waals surface area contributed by atoms with Gasteiger partial charge in [0, 0.05) is 32.8 Å². The zero-order valence-electron chi connectivity index (χ0n) is 19.1. The number of benzene rings is 2. The molecule has 0 radical (unpaired) electrons. The topological polar surface area (TPSA) is 58.4 Å². The number of allylic oxidation sites excluding steroid dienone is 1. The number of imidazole rings is 1. The molecule has 5 rings (SSSR count). The lowest BCUT2D eigenvalue weighted by Gasteiger charge is -2.32. The second kappa shape index (κ2) is 8.72. The lowest BCUT2D eigenvalue weighted by Crippen LogP contribution is -2.38. The summed E-state index contributed by atoms with van der Waals surface area (Å²) >= 11 is 0. The maximum atomic E-state index is 12.3. The van der Waals surface area contributed by atoms with E-state index in [4.69, 9.17) is 0 Å². The van der Waals surface area contributed by atoms with E-state index in [-0.39, 0.29) is 11.8 Å². The van der Waals surface area contributed by atoms with Crippen molar-refractivity contribution in [3.63, 3.8) is 0 Å². The third kappa shape index (κ3) is 3.87. The summed E-state index contributed by atoms with van der Waals surface area (Å²) in [5.41, 5.74) is 2.81. The van der Waals surface area contributed by atoms with Gasteiger partial charge in [-0.25, -0.2) is 9.78 Å². The molecule has 3 aromatic rings. The highest BCUT2D eigenvalue weighted by Crippen LogP contribution is 2.43. The van der Waals surface area contributed by atoms with Crippen molar-refractivity contribution in [2.75, 3.05) is 18.0 Å². The minimum absolute atomic E-state index is 0.143. The van der Waals surface area contributed by atoms with Crippen molar-refractivity contribution < 1.29 is 9.59 Å². The molecule has 1 aromatic heterocycles. The Hall–Kier alpha value is -3.63. The quantitative estimate of drug-likeness (QED) is 0.560. The Morgan fingerprint density at radius 3 is 2.64 bits per heavy atom. The molecule has 1 fully saturated rings. The summed E-state index contributed by atoms with van der Waals surface area (Å²) in [4.78, 5) is 32.2. The Kier molecular flexibility index (Phi) is 5.61. The van der Waals surface area contributed by atoms with Crippen molar-refractivity contribution >= 4 is 28.4 Å². The van der Waals surface area contributed by atoms with Crippen LogP contribution >= 0.6 is 0 Å². The second-order valence-corrected chi connectivity index (χ2v) is 9.09. The Bertz CT molecular complexity index is 1270. The number of fused-ring (bicyclic) bond motifs is 1. The lowest BCUT2D eigenvalue weighted by atomic mass is 9.88. The van der Waals surface area contributed by atoms with E-state index in [0.29, 0.717) is 11.6 Å². The van der Waals surface area contributed by atoms with Crippen LogP contribution in [-0.4, -0.2) is 39.4 Å². The summed E-state index contributed by atoms with van der Waals surface area (Å²) in [7, 11) is 0. The van der Waals surface area contributed by atoms with Crippen LogP contribution in [-0.2, 0) is 16.1 Å². The number of aromatic nitrogens is 2. The maximum absolute atomic E-state index is 12.3. The normalized spacial score (nSPS) is 19.2. The molecule has 6 nitrogen and oxygen atoms in total. The summed E-state index contributed by atoms with van der Waals surface area (Å²) in [5, 5.41) is 2.31. The zero-order valence-corrected chi connectivity index (χ0v) is 19.1. The molecule has 1 unspecified atom stereocenters. The van der Waals surface area contributed by atoms with E-state index in [9.17, 15) is 9.59 Å². The van der Waals surface area contributed by atoms with Gasteiger partial charge in [-0.15, -0.1) is 0 Å². The maximum Gasteiger partial charge on any atom is 0.219 e. The number of likely N-dealkylation sites (tertiary alicyclic amines) is 1. The Morgan fingerprint density at radius 2 is 1.88 bits per heavy atom. The number of amides is 1. The van der Waals surface area contributed by atoms with E-state index < -0.39 is 0 Å². The number of nitrogens with zero attached hydrogens (tertiary/aromatic N) is 4. The van der Waals surface area contributed by atoms with Gasteiger partial charge >= 0.3 is 0 Å². The van der Waals surface area contributed by atoms with Gasteiger partial charge in [0.1, 0.15) is 17.5 Å². The minimum atomic E-state index is -0.143. The molecular weight excluding hydrogens is 412 g/mol. The van der Waals surface area contributed by atoms with Gasteiger partial charge in [-0.1, -0.05) is 42.5 Å². The first kappa shape index (κ1) is 21.2. The molecule has 3 heterocycles. The van der Waals surface area contributed by atoms with Crippen LogP contribution in [0.2, 0.25) is 0 Å². The van der Waals surface area contributed by atoms with Crippen molar-refractivity contribution in [3.8, 4) is 0 Å². The number of carbonyl (C=O) groups is 1. The van der Waals surface area contributed by atoms with Crippen LogP contribution in [0.25, 0.3) is 10.8 Å². The fourth-order valence-corrected chi connectivity index (χ4v) is 5.26. The average Bonchev–Trinajstić information content (AvgIpc) is 3.42. The monoisotopic (exact) mass is 440 g/mol. The van der Waals surface area contributed by atoms with Gasteiger partial charge in [-0.2, -0.15) is 0 Å². The number of carbonyl (C=O) groups excluding carboxylic acids is 2. The predicted octanol–water partition coefficient (Wildman–Crippen LogP) is 4.52. The third-order valence-corrected chi connectivity index (χ3v) is 7.01. The van der Waals surface area contributed by atoms with E-state index in [2.05, 4.69) is 46.7 Å². The summed E-state index contributed by atoms with van der Waals surface area (Å²) in [6, 6.07) is 14.5. The van der Waals surface area contributed by atoms with Crippen molar-refractivity contribution in [2.45, 2.75) is 39.2 Å². The van der Waals surface area contributed by atoms with Gasteiger partial charge in [-0.3, -0.25) is 9.69 Å². The number of anilines is 1. The summed E-state index contributed by atoms with van der Waals surface area (Å²) < 4.78 is 2.13. The zero-order chi connectivity index (χ0) is 22.9. The lowest BCUT2D eigenvalue weighted by molar-refractivity contribution is -0.130. The van der Waals surface area contributed by atoms with Crippen LogP contribution in [0, 0.1) is 5.92 Å². The van der Waals surface area contributed by atoms with Gasteiger partial charge in [0.05, 0.1) is 18.4 Å².